The van der Waals surface area contributed by atoms with Crippen LogP contribution in [0.4, 0.5) is 0 Å². The van der Waals surface area contributed by atoms with Crippen LogP contribution < -0.4 is 0 Å². The highest BCUT2D eigenvalue weighted by Crippen LogP contribution is 2.17. The number of methoxy groups -OCH3 is 1. The maximum Gasteiger partial charge on any atom is 0.306 e. The molecule has 0 aromatic carbocycles. The van der Waals surface area contributed by atoms with Crippen molar-refractivity contribution in [2.45, 2.75) is 11.4 Å². The molecule has 1 aromatic heterocycles. The Morgan fingerprint density at radius 2 is 2.43 bits per heavy atom. The molecule has 0 aliphatic carbocycles. The largest absolute Gasteiger partial charge is 0.469 e. The first kappa shape index (κ1) is 11.3. The van der Waals surface area contributed by atoms with Crippen molar-refractivity contribution in [3.8, 4) is 0 Å². The summed E-state index contributed by atoms with van der Waals surface area (Å²) in [5, 5.41) is 1.16. The maximum absolute atomic E-state index is 10.8. The van der Waals surface area contributed by atoms with E-state index < -0.39 is 0 Å². The molecular formula is C8H9ClN2O2S. The number of nitrogens with zero attached hydrogens (tertiary/aromatic N) is 2. The number of halogens is 1. The number of aromatic nitrogens is 2. The van der Waals surface area contributed by atoms with Crippen molar-refractivity contribution in [1.29, 1.82) is 0 Å². The zero-order valence-electron chi connectivity index (χ0n) is 7.57. The smallest absolute Gasteiger partial charge is 0.306 e. The van der Waals surface area contributed by atoms with E-state index in [1.807, 2.05) is 0 Å². The third-order valence-corrected chi connectivity index (χ3v) is 2.53. The average Bonchev–Trinajstić information content (AvgIpc) is 2.17. The van der Waals surface area contributed by atoms with E-state index in [9.17, 15) is 4.79 Å². The molecule has 0 N–H and O–H groups in total. The maximum atomic E-state index is 10.8. The topological polar surface area (TPSA) is 52.1 Å². The van der Waals surface area contributed by atoms with Crippen LogP contribution in [-0.4, -0.2) is 28.8 Å². The van der Waals surface area contributed by atoms with Crippen molar-refractivity contribution in [1.82, 2.24) is 9.97 Å². The minimum Gasteiger partial charge on any atom is -0.469 e. The van der Waals surface area contributed by atoms with Gasteiger partial charge >= 0.3 is 5.97 Å². The number of thioether (sulfide) groups is 1. The average molecular weight is 233 g/mol. The van der Waals surface area contributed by atoms with Crippen LogP contribution in [0, 0.1) is 0 Å². The van der Waals surface area contributed by atoms with Crippen LogP contribution in [0.25, 0.3) is 0 Å². The van der Waals surface area contributed by atoms with E-state index >= 15 is 0 Å². The van der Waals surface area contributed by atoms with Crippen LogP contribution in [0.15, 0.2) is 17.4 Å². The molecule has 0 radical (unpaired) electrons. The second-order valence-corrected chi connectivity index (χ2v) is 3.86. The van der Waals surface area contributed by atoms with Crippen molar-refractivity contribution >= 4 is 29.3 Å². The molecule has 1 aromatic rings. The molecule has 1 rings (SSSR count). The quantitative estimate of drug-likeness (QED) is 0.450. The van der Waals surface area contributed by atoms with Crippen LogP contribution in [0.3, 0.4) is 0 Å². The Labute approximate surface area is 91.0 Å². The lowest BCUT2D eigenvalue weighted by Gasteiger charge is -1.99. The van der Waals surface area contributed by atoms with Crippen LogP contribution in [0.1, 0.15) is 6.42 Å². The number of rotatable bonds is 4. The van der Waals surface area contributed by atoms with Gasteiger partial charge in [-0.25, -0.2) is 9.97 Å². The minimum absolute atomic E-state index is 0.224. The molecule has 0 fully saturated rings. The lowest BCUT2D eigenvalue weighted by atomic mass is 10.5. The van der Waals surface area contributed by atoms with Crippen LogP contribution in [-0.2, 0) is 9.53 Å². The molecule has 0 aliphatic rings. The first-order chi connectivity index (χ1) is 6.72. The van der Waals surface area contributed by atoms with Crippen molar-refractivity contribution in [2.75, 3.05) is 12.9 Å². The Bertz CT molecular complexity index is 322. The van der Waals surface area contributed by atoms with Gasteiger partial charge in [-0.3, -0.25) is 4.79 Å². The van der Waals surface area contributed by atoms with Crippen molar-refractivity contribution in [3.05, 3.63) is 17.5 Å². The molecule has 0 bridgehead atoms. The lowest BCUT2D eigenvalue weighted by Crippen LogP contribution is -2.01. The Kier molecular flexibility index (Phi) is 4.69. The summed E-state index contributed by atoms with van der Waals surface area (Å²) in [5.74, 6) is 0.401. The fourth-order valence-electron chi connectivity index (χ4n) is 0.737. The molecule has 0 aliphatic heterocycles. The zero-order chi connectivity index (χ0) is 10.4. The van der Waals surface area contributed by atoms with E-state index in [1.165, 1.54) is 25.2 Å². The summed E-state index contributed by atoms with van der Waals surface area (Å²) in [6.45, 7) is 0. The molecule has 6 heteroatoms. The number of carbonyl (C=O) groups is 1. The highest BCUT2D eigenvalue weighted by atomic mass is 35.5. The van der Waals surface area contributed by atoms with Gasteiger partial charge in [-0.05, 0) is 0 Å². The van der Waals surface area contributed by atoms with E-state index in [0.29, 0.717) is 17.3 Å². The summed E-state index contributed by atoms with van der Waals surface area (Å²) < 4.78 is 4.50. The van der Waals surface area contributed by atoms with Gasteiger partial charge in [-0.2, -0.15) is 0 Å². The van der Waals surface area contributed by atoms with E-state index in [1.54, 1.807) is 6.07 Å². The second kappa shape index (κ2) is 5.82. The van der Waals surface area contributed by atoms with Crippen molar-refractivity contribution in [3.63, 3.8) is 0 Å². The molecular weight excluding hydrogens is 224 g/mol. The third kappa shape index (κ3) is 3.93. The number of hydrogen-bond acceptors (Lipinski definition) is 5. The van der Waals surface area contributed by atoms with Gasteiger partial charge in [0.2, 0.25) is 0 Å². The third-order valence-electron chi connectivity index (χ3n) is 1.39. The Morgan fingerprint density at radius 1 is 1.64 bits per heavy atom. The molecule has 1 heterocycles. The van der Waals surface area contributed by atoms with Crippen LogP contribution in [0.2, 0.25) is 5.15 Å². The molecule has 0 spiro atoms. The lowest BCUT2D eigenvalue weighted by molar-refractivity contribution is -0.140. The van der Waals surface area contributed by atoms with Gasteiger partial charge in [0.15, 0.2) is 0 Å². The Hall–Kier alpha value is -0.810. The molecule has 0 saturated carbocycles. The van der Waals surface area contributed by atoms with E-state index in [0.717, 1.165) is 5.03 Å². The van der Waals surface area contributed by atoms with Gasteiger partial charge in [0.1, 0.15) is 16.5 Å². The van der Waals surface area contributed by atoms with Crippen LogP contribution >= 0.6 is 23.4 Å². The molecule has 4 nitrogen and oxygen atoms in total. The van der Waals surface area contributed by atoms with Gasteiger partial charge in [-0.1, -0.05) is 11.6 Å². The summed E-state index contributed by atoms with van der Waals surface area (Å²) in [7, 11) is 1.37. The predicted octanol–water partition coefficient (Wildman–Crippen LogP) is 1.79. The van der Waals surface area contributed by atoms with Gasteiger partial charge in [0, 0.05) is 11.8 Å². The van der Waals surface area contributed by atoms with Gasteiger partial charge in [0.05, 0.1) is 13.5 Å². The van der Waals surface area contributed by atoms with Gasteiger partial charge in [0.25, 0.3) is 0 Å². The Morgan fingerprint density at radius 3 is 3.07 bits per heavy atom. The number of ether oxygens (including phenoxy) is 1. The molecule has 14 heavy (non-hydrogen) atoms. The SMILES string of the molecule is COC(=O)CCSc1cc(Cl)ncn1. The molecule has 0 unspecified atom stereocenters. The first-order valence-electron chi connectivity index (χ1n) is 3.89. The van der Waals surface area contributed by atoms with Crippen LogP contribution in [0.5, 0.6) is 0 Å². The van der Waals surface area contributed by atoms with E-state index in [-0.39, 0.29) is 5.97 Å². The number of esters is 1. The normalized spacial score (nSPS) is 9.86. The Balaban J connectivity index is 2.35. The van der Waals surface area contributed by atoms with Crippen molar-refractivity contribution < 1.29 is 9.53 Å². The molecule has 0 atom stereocenters. The van der Waals surface area contributed by atoms with Gasteiger partial charge < -0.3 is 4.74 Å². The second-order valence-electron chi connectivity index (χ2n) is 2.35. The molecule has 76 valence electrons. The summed E-state index contributed by atoms with van der Waals surface area (Å²) in [5.41, 5.74) is 0. The van der Waals surface area contributed by atoms with Gasteiger partial charge in [-0.15, -0.1) is 11.8 Å². The summed E-state index contributed by atoms with van der Waals surface area (Å²) in [6, 6.07) is 1.66. The first-order valence-corrected chi connectivity index (χ1v) is 5.26. The number of carbonyl (C=O) groups excluding carboxylic acids is 1. The molecule has 0 saturated heterocycles. The summed E-state index contributed by atoms with van der Waals surface area (Å²) in [6.07, 6.45) is 1.76. The highest BCUT2D eigenvalue weighted by Gasteiger charge is 2.02. The fourth-order valence-corrected chi connectivity index (χ4v) is 1.74. The monoisotopic (exact) mass is 232 g/mol. The number of hydrogen-bond donors (Lipinski definition) is 0. The fraction of sp³-hybridized carbons (Fsp3) is 0.375. The molecule has 0 amide bonds. The standard InChI is InChI=1S/C8H9ClN2O2S/c1-13-8(12)2-3-14-7-4-6(9)10-5-11-7/h4-5H,2-3H2,1H3. The van der Waals surface area contributed by atoms with E-state index in [2.05, 4.69) is 14.7 Å². The summed E-state index contributed by atoms with van der Waals surface area (Å²) >= 11 is 7.10. The zero-order valence-corrected chi connectivity index (χ0v) is 9.14. The minimum atomic E-state index is -0.224. The predicted molar refractivity (Wildman–Crippen MR) is 54.4 cm³/mol. The van der Waals surface area contributed by atoms with E-state index in [4.69, 9.17) is 11.6 Å². The van der Waals surface area contributed by atoms with Crippen molar-refractivity contribution in [2.24, 2.45) is 0 Å². The summed E-state index contributed by atoms with van der Waals surface area (Å²) in [4.78, 5) is 18.5. The highest BCUT2D eigenvalue weighted by molar-refractivity contribution is 7.99.